The van der Waals surface area contributed by atoms with Crippen LogP contribution in [-0.4, -0.2) is 55.6 Å². The molecule has 0 spiro atoms. The molecule has 7 nitrogen and oxygen atoms in total. The van der Waals surface area contributed by atoms with Crippen LogP contribution in [0.1, 0.15) is 12.1 Å². The van der Waals surface area contributed by atoms with Gasteiger partial charge in [0, 0.05) is 37.9 Å². The van der Waals surface area contributed by atoms with Gasteiger partial charge in [0.25, 0.3) is 0 Å². The molecule has 0 aliphatic carbocycles. The van der Waals surface area contributed by atoms with Crippen LogP contribution in [0.3, 0.4) is 0 Å². The summed E-state index contributed by atoms with van der Waals surface area (Å²) in [6.07, 6.45) is 3.21. The quantitative estimate of drug-likeness (QED) is 0.374. The molecule has 0 amide bonds. The second-order valence-electron chi connectivity index (χ2n) is 4.83. The highest BCUT2D eigenvalue weighted by Gasteiger charge is 2.27. The van der Waals surface area contributed by atoms with Gasteiger partial charge in [0.1, 0.15) is 0 Å². The maximum atomic E-state index is 11.6. The highest BCUT2D eigenvalue weighted by atomic mass is 127. The molecule has 0 saturated carbocycles. The first-order valence-corrected chi connectivity index (χ1v) is 8.60. The second-order valence-corrected chi connectivity index (χ2v) is 6.92. The lowest BCUT2D eigenvalue weighted by atomic mass is 10.3. The van der Waals surface area contributed by atoms with Crippen molar-refractivity contribution in [2.45, 2.75) is 12.8 Å². The summed E-state index contributed by atoms with van der Waals surface area (Å²) >= 11 is 0. The Morgan fingerprint density at radius 2 is 2.27 bits per heavy atom. The molecule has 0 bridgehead atoms. The first kappa shape index (κ1) is 19.1. The molecule has 0 unspecified atom stereocenters. The first-order chi connectivity index (χ1) is 10.1. The van der Waals surface area contributed by atoms with E-state index in [0.717, 1.165) is 12.1 Å². The number of nitrogens with two attached hydrogens (primary N) is 1. The molecular formula is C13H22IN5O2S. The van der Waals surface area contributed by atoms with Crippen molar-refractivity contribution in [3.63, 3.8) is 0 Å². The van der Waals surface area contributed by atoms with E-state index in [-0.39, 0.29) is 29.7 Å². The minimum Gasteiger partial charge on any atom is -0.370 e. The molecule has 1 aromatic heterocycles. The Morgan fingerprint density at radius 3 is 2.91 bits per heavy atom. The molecule has 1 aromatic rings. The summed E-state index contributed by atoms with van der Waals surface area (Å²) in [5, 5.41) is 3.00. The van der Waals surface area contributed by atoms with Crippen molar-refractivity contribution in [2.24, 2.45) is 10.7 Å². The van der Waals surface area contributed by atoms with Crippen LogP contribution in [-0.2, 0) is 16.4 Å². The number of nitrogens with one attached hydrogen (secondary N) is 1. The lowest BCUT2D eigenvalue weighted by molar-refractivity contribution is 0.452. The fourth-order valence-corrected chi connectivity index (χ4v) is 3.66. The maximum absolute atomic E-state index is 11.6. The largest absolute Gasteiger partial charge is 0.370 e. The van der Waals surface area contributed by atoms with Crippen LogP contribution in [0, 0.1) is 0 Å². The Hall–Kier alpha value is -0.940. The average Bonchev–Trinajstić information content (AvgIpc) is 2.79. The van der Waals surface area contributed by atoms with E-state index in [9.17, 15) is 8.42 Å². The number of nitrogens with zero attached hydrogens (tertiary/aromatic N) is 3. The van der Waals surface area contributed by atoms with Crippen molar-refractivity contribution >= 4 is 40.0 Å². The number of hydrogen-bond acceptors (Lipinski definition) is 4. The van der Waals surface area contributed by atoms with Crippen molar-refractivity contribution < 1.29 is 8.42 Å². The van der Waals surface area contributed by atoms with Gasteiger partial charge in [-0.2, -0.15) is 0 Å². The highest BCUT2D eigenvalue weighted by Crippen LogP contribution is 2.12. The average molecular weight is 439 g/mol. The molecular weight excluding hydrogens is 417 g/mol. The van der Waals surface area contributed by atoms with E-state index >= 15 is 0 Å². The third-order valence-electron chi connectivity index (χ3n) is 3.25. The number of halogens is 1. The number of aromatic nitrogens is 1. The maximum Gasteiger partial charge on any atom is 0.214 e. The Bertz CT molecular complexity index is 579. The Balaban J connectivity index is 0.00000242. The number of sulfonamides is 1. The van der Waals surface area contributed by atoms with Gasteiger partial charge in [-0.1, -0.05) is 6.07 Å². The van der Waals surface area contributed by atoms with E-state index < -0.39 is 10.0 Å². The van der Waals surface area contributed by atoms with Gasteiger partial charge in [0.2, 0.25) is 10.0 Å². The van der Waals surface area contributed by atoms with Crippen molar-refractivity contribution in [3.05, 3.63) is 30.1 Å². The first-order valence-electron chi connectivity index (χ1n) is 6.99. The van der Waals surface area contributed by atoms with Gasteiger partial charge in [0.05, 0.1) is 12.3 Å². The molecule has 0 aromatic carbocycles. The summed E-state index contributed by atoms with van der Waals surface area (Å²) in [6, 6.07) is 5.77. The van der Waals surface area contributed by atoms with Gasteiger partial charge in [-0.15, -0.1) is 24.0 Å². The Morgan fingerprint density at radius 1 is 1.45 bits per heavy atom. The van der Waals surface area contributed by atoms with Crippen molar-refractivity contribution in [1.82, 2.24) is 14.6 Å². The molecule has 1 aliphatic rings. The minimum atomic E-state index is -3.04. The third-order valence-corrected chi connectivity index (χ3v) is 5.20. The number of guanidine groups is 1. The lowest BCUT2D eigenvalue weighted by Gasteiger charge is -2.12. The Labute approximate surface area is 148 Å². The van der Waals surface area contributed by atoms with Gasteiger partial charge < -0.3 is 11.1 Å². The summed E-state index contributed by atoms with van der Waals surface area (Å²) in [5.41, 5.74) is 6.73. The normalized spacial score (nSPS) is 17.9. The molecule has 124 valence electrons. The smallest absolute Gasteiger partial charge is 0.214 e. The monoisotopic (exact) mass is 439 g/mol. The molecule has 1 saturated heterocycles. The summed E-state index contributed by atoms with van der Waals surface area (Å²) in [7, 11) is -3.04. The van der Waals surface area contributed by atoms with Crippen LogP contribution in [0.25, 0.3) is 0 Å². The summed E-state index contributed by atoms with van der Waals surface area (Å²) < 4.78 is 24.7. The zero-order valence-corrected chi connectivity index (χ0v) is 15.5. The molecule has 3 N–H and O–H groups in total. The lowest BCUT2D eigenvalue weighted by Crippen LogP contribution is -2.35. The summed E-state index contributed by atoms with van der Waals surface area (Å²) in [6.45, 7) is 2.01. The van der Waals surface area contributed by atoms with Crippen LogP contribution in [0.2, 0.25) is 0 Å². The molecule has 0 radical (unpaired) electrons. The minimum absolute atomic E-state index is 0. The van der Waals surface area contributed by atoms with Gasteiger partial charge >= 0.3 is 0 Å². The van der Waals surface area contributed by atoms with Crippen molar-refractivity contribution in [2.75, 3.05) is 31.9 Å². The van der Waals surface area contributed by atoms with Crippen LogP contribution >= 0.6 is 24.0 Å². The van der Waals surface area contributed by atoms with Crippen LogP contribution < -0.4 is 11.1 Å². The van der Waals surface area contributed by atoms with E-state index in [1.54, 1.807) is 6.20 Å². The topological polar surface area (TPSA) is 101 Å². The van der Waals surface area contributed by atoms with E-state index in [2.05, 4.69) is 15.3 Å². The zero-order chi connectivity index (χ0) is 15.1. The SMILES string of the molecule is I.NC(=NCCN1CCCS1(=O)=O)NCCc1ccccn1. The summed E-state index contributed by atoms with van der Waals surface area (Å²) in [5.74, 6) is 0.580. The van der Waals surface area contributed by atoms with E-state index in [0.29, 0.717) is 38.6 Å². The molecule has 22 heavy (non-hydrogen) atoms. The van der Waals surface area contributed by atoms with Crippen LogP contribution in [0.5, 0.6) is 0 Å². The van der Waals surface area contributed by atoms with Crippen molar-refractivity contribution in [1.29, 1.82) is 0 Å². The fourth-order valence-electron chi connectivity index (χ4n) is 2.14. The fraction of sp³-hybridized carbons (Fsp3) is 0.538. The predicted molar refractivity (Wildman–Crippen MR) is 97.8 cm³/mol. The number of rotatable bonds is 6. The molecule has 1 aliphatic heterocycles. The van der Waals surface area contributed by atoms with Crippen LogP contribution in [0.4, 0.5) is 0 Å². The predicted octanol–water partition coefficient (Wildman–Crippen LogP) is 0.182. The molecule has 1 fully saturated rings. The van der Waals surface area contributed by atoms with Crippen LogP contribution in [0.15, 0.2) is 29.4 Å². The van der Waals surface area contributed by atoms with Gasteiger partial charge in [0.15, 0.2) is 5.96 Å². The third kappa shape index (κ3) is 6.05. The summed E-state index contributed by atoms with van der Waals surface area (Å²) in [4.78, 5) is 8.35. The van der Waals surface area contributed by atoms with E-state index in [1.165, 1.54) is 4.31 Å². The molecule has 0 atom stereocenters. The highest BCUT2D eigenvalue weighted by molar-refractivity contribution is 14.0. The van der Waals surface area contributed by atoms with Gasteiger partial charge in [-0.05, 0) is 18.6 Å². The van der Waals surface area contributed by atoms with E-state index in [4.69, 9.17) is 5.73 Å². The van der Waals surface area contributed by atoms with Gasteiger partial charge in [-0.25, -0.2) is 12.7 Å². The number of hydrogen-bond donors (Lipinski definition) is 2. The van der Waals surface area contributed by atoms with Crippen molar-refractivity contribution in [3.8, 4) is 0 Å². The zero-order valence-electron chi connectivity index (χ0n) is 12.3. The molecule has 2 rings (SSSR count). The van der Waals surface area contributed by atoms with Gasteiger partial charge in [-0.3, -0.25) is 9.98 Å². The number of pyridine rings is 1. The number of aliphatic imine (C=N–C) groups is 1. The molecule has 9 heteroatoms. The second kappa shape index (κ2) is 9.26. The standard InChI is InChI=1S/C13H21N5O2S.HI/c14-13(16-7-5-12-4-1-2-6-15-12)17-8-10-18-9-3-11-21(18,19)20;/h1-2,4,6H,3,5,7-11H2,(H3,14,16,17);1H. The molecule has 2 heterocycles. The Kier molecular flexibility index (Phi) is 8.04. The van der Waals surface area contributed by atoms with E-state index in [1.807, 2.05) is 18.2 Å².